The van der Waals surface area contributed by atoms with Gasteiger partial charge in [-0.3, -0.25) is 4.79 Å². The van der Waals surface area contributed by atoms with Crippen molar-refractivity contribution in [1.82, 2.24) is 9.99 Å². The van der Waals surface area contributed by atoms with Crippen LogP contribution in [0.2, 0.25) is 0 Å². The summed E-state index contributed by atoms with van der Waals surface area (Å²) in [5.74, 6) is -0.196. The Morgan fingerprint density at radius 3 is 2.50 bits per heavy atom. The Labute approximate surface area is 176 Å². The molecule has 0 aliphatic carbocycles. The summed E-state index contributed by atoms with van der Waals surface area (Å²) in [6.07, 6.45) is 3.77. The molecule has 0 saturated heterocycles. The van der Waals surface area contributed by atoms with Crippen LogP contribution >= 0.6 is 0 Å². The molecule has 0 unspecified atom stereocenters. The van der Waals surface area contributed by atoms with Crippen molar-refractivity contribution < 1.29 is 4.79 Å². The number of anilines is 1. The van der Waals surface area contributed by atoms with E-state index in [4.69, 9.17) is 0 Å². The lowest BCUT2D eigenvalue weighted by molar-refractivity contribution is -0.119. The molecule has 4 rings (SSSR count). The third kappa shape index (κ3) is 4.75. The number of fused-ring (bicyclic) bond motifs is 1. The van der Waals surface area contributed by atoms with Crippen molar-refractivity contribution in [2.45, 2.75) is 13.5 Å². The monoisotopic (exact) mass is 396 g/mol. The summed E-state index contributed by atoms with van der Waals surface area (Å²) in [5.41, 5.74) is 8.08. The SMILES string of the molecule is Cc1ccc(Cn2cc(/C=N\NC(=O)CNc3ccccc3)c3ccccc32)cc1. The minimum Gasteiger partial charge on any atom is -0.376 e. The highest BCUT2D eigenvalue weighted by Gasteiger charge is 2.07. The summed E-state index contributed by atoms with van der Waals surface area (Å²) >= 11 is 0. The summed E-state index contributed by atoms with van der Waals surface area (Å²) in [4.78, 5) is 12.1. The number of para-hydroxylation sites is 2. The molecule has 0 spiro atoms. The van der Waals surface area contributed by atoms with Crippen LogP contribution in [0.1, 0.15) is 16.7 Å². The number of benzene rings is 3. The van der Waals surface area contributed by atoms with E-state index in [0.717, 1.165) is 28.7 Å². The molecule has 4 aromatic rings. The molecule has 1 heterocycles. The van der Waals surface area contributed by atoms with E-state index in [0.29, 0.717) is 0 Å². The summed E-state index contributed by atoms with van der Waals surface area (Å²) in [6, 6.07) is 26.4. The Kier molecular flexibility index (Phi) is 5.90. The number of hydrogen-bond acceptors (Lipinski definition) is 3. The summed E-state index contributed by atoms with van der Waals surface area (Å²) in [5, 5.41) is 8.33. The highest BCUT2D eigenvalue weighted by Crippen LogP contribution is 2.21. The van der Waals surface area contributed by atoms with Crippen molar-refractivity contribution in [1.29, 1.82) is 0 Å². The molecule has 5 heteroatoms. The van der Waals surface area contributed by atoms with Crippen LogP contribution in [0, 0.1) is 6.92 Å². The Morgan fingerprint density at radius 1 is 0.967 bits per heavy atom. The maximum atomic E-state index is 12.1. The first-order valence-corrected chi connectivity index (χ1v) is 9.93. The minimum absolute atomic E-state index is 0.163. The first-order valence-electron chi connectivity index (χ1n) is 9.93. The lowest BCUT2D eigenvalue weighted by atomic mass is 10.1. The molecule has 5 nitrogen and oxygen atoms in total. The van der Waals surface area contributed by atoms with Gasteiger partial charge < -0.3 is 9.88 Å². The van der Waals surface area contributed by atoms with E-state index in [2.05, 4.69) is 69.9 Å². The van der Waals surface area contributed by atoms with Gasteiger partial charge in [0.15, 0.2) is 0 Å². The smallest absolute Gasteiger partial charge is 0.259 e. The zero-order valence-electron chi connectivity index (χ0n) is 16.9. The van der Waals surface area contributed by atoms with E-state index in [-0.39, 0.29) is 12.5 Å². The molecule has 30 heavy (non-hydrogen) atoms. The van der Waals surface area contributed by atoms with Gasteiger partial charge in [0, 0.05) is 34.9 Å². The Morgan fingerprint density at radius 2 is 1.70 bits per heavy atom. The topological polar surface area (TPSA) is 58.4 Å². The molecule has 0 bridgehead atoms. The largest absolute Gasteiger partial charge is 0.376 e. The van der Waals surface area contributed by atoms with Gasteiger partial charge in [0.05, 0.1) is 12.8 Å². The van der Waals surface area contributed by atoms with Crippen LogP contribution in [-0.2, 0) is 11.3 Å². The molecule has 3 aromatic carbocycles. The predicted molar refractivity (Wildman–Crippen MR) is 123 cm³/mol. The van der Waals surface area contributed by atoms with E-state index in [1.54, 1.807) is 6.21 Å². The van der Waals surface area contributed by atoms with E-state index >= 15 is 0 Å². The number of nitrogens with one attached hydrogen (secondary N) is 2. The van der Waals surface area contributed by atoms with Gasteiger partial charge in [-0.15, -0.1) is 0 Å². The normalized spacial score (nSPS) is 11.1. The van der Waals surface area contributed by atoms with E-state index in [1.165, 1.54) is 11.1 Å². The molecule has 1 aromatic heterocycles. The van der Waals surface area contributed by atoms with Crippen molar-refractivity contribution >= 4 is 28.7 Å². The number of aryl methyl sites for hydroxylation is 1. The fourth-order valence-electron chi connectivity index (χ4n) is 3.35. The predicted octanol–water partition coefficient (Wildman–Crippen LogP) is 4.56. The van der Waals surface area contributed by atoms with Gasteiger partial charge in [0.2, 0.25) is 0 Å². The van der Waals surface area contributed by atoms with Crippen LogP contribution in [0.3, 0.4) is 0 Å². The fourth-order valence-corrected chi connectivity index (χ4v) is 3.35. The number of carbonyl (C=O) groups is 1. The number of aromatic nitrogens is 1. The maximum Gasteiger partial charge on any atom is 0.259 e. The quantitative estimate of drug-likeness (QED) is 0.355. The summed E-state index contributed by atoms with van der Waals surface area (Å²) < 4.78 is 2.21. The first kappa shape index (κ1) is 19.5. The van der Waals surface area contributed by atoms with Crippen molar-refractivity contribution in [3.63, 3.8) is 0 Å². The van der Waals surface area contributed by atoms with Crippen LogP contribution < -0.4 is 10.7 Å². The zero-order chi connectivity index (χ0) is 20.8. The second kappa shape index (κ2) is 9.09. The van der Waals surface area contributed by atoms with Crippen molar-refractivity contribution in [2.75, 3.05) is 11.9 Å². The molecule has 1 amide bonds. The first-order chi connectivity index (χ1) is 14.7. The van der Waals surface area contributed by atoms with Crippen LogP contribution in [0.25, 0.3) is 10.9 Å². The van der Waals surface area contributed by atoms with Crippen molar-refractivity contribution in [3.05, 3.63) is 102 Å². The number of amides is 1. The molecule has 0 atom stereocenters. The molecule has 0 radical (unpaired) electrons. The summed E-state index contributed by atoms with van der Waals surface area (Å²) in [7, 11) is 0. The zero-order valence-corrected chi connectivity index (χ0v) is 16.9. The minimum atomic E-state index is -0.196. The van der Waals surface area contributed by atoms with Gasteiger partial charge in [-0.05, 0) is 30.7 Å². The lowest BCUT2D eigenvalue weighted by Gasteiger charge is -2.06. The number of hydrazone groups is 1. The third-order valence-electron chi connectivity index (χ3n) is 4.91. The molecule has 0 fully saturated rings. The summed E-state index contributed by atoms with van der Waals surface area (Å²) in [6.45, 7) is 3.03. The van der Waals surface area contributed by atoms with Gasteiger partial charge in [-0.2, -0.15) is 5.10 Å². The average Bonchev–Trinajstić information content (AvgIpc) is 3.12. The Hall–Kier alpha value is -3.86. The molecular formula is C25H24N4O. The molecule has 0 saturated carbocycles. The van der Waals surface area contributed by atoms with E-state index in [1.807, 2.05) is 42.5 Å². The van der Waals surface area contributed by atoms with Crippen LogP contribution in [0.4, 0.5) is 5.69 Å². The average molecular weight is 396 g/mol. The highest BCUT2D eigenvalue weighted by atomic mass is 16.2. The van der Waals surface area contributed by atoms with Crippen molar-refractivity contribution in [2.24, 2.45) is 5.10 Å². The molecule has 0 aliphatic heterocycles. The lowest BCUT2D eigenvalue weighted by Crippen LogP contribution is -2.25. The van der Waals surface area contributed by atoms with Gasteiger partial charge in [-0.1, -0.05) is 66.2 Å². The van der Waals surface area contributed by atoms with Crippen LogP contribution in [0.15, 0.2) is 90.2 Å². The standard InChI is InChI=1S/C25H24N4O/c1-19-11-13-20(14-12-19)17-29-18-21(23-9-5-6-10-24(23)29)15-27-28-25(30)16-26-22-7-3-2-4-8-22/h2-15,18,26H,16-17H2,1H3,(H,28,30)/b27-15-. The highest BCUT2D eigenvalue weighted by molar-refractivity contribution is 5.99. The number of carbonyl (C=O) groups excluding carboxylic acids is 1. The number of hydrogen-bond donors (Lipinski definition) is 2. The maximum absolute atomic E-state index is 12.1. The fraction of sp³-hybridized carbons (Fsp3) is 0.120. The molecule has 150 valence electrons. The molecule has 0 aliphatic rings. The number of rotatable bonds is 7. The van der Waals surface area contributed by atoms with Crippen LogP contribution in [-0.4, -0.2) is 23.2 Å². The van der Waals surface area contributed by atoms with Gasteiger partial charge in [0.25, 0.3) is 5.91 Å². The van der Waals surface area contributed by atoms with Crippen molar-refractivity contribution in [3.8, 4) is 0 Å². The van der Waals surface area contributed by atoms with Crippen LogP contribution in [0.5, 0.6) is 0 Å². The van der Waals surface area contributed by atoms with Gasteiger partial charge in [-0.25, -0.2) is 5.43 Å². The second-order valence-corrected chi connectivity index (χ2v) is 7.23. The Bertz CT molecular complexity index is 1160. The van der Waals surface area contributed by atoms with Gasteiger partial charge in [0.1, 0.15) is 0 Å². The van der Waals surface area contributed by atoms with E-state index < -0.39 is 0 Å². The molecule has 2 N–H and O–H groups in total. The Balaban J connectivity index is 1.44. The van der Waals surface area contributed by atoms with E-state index in [9.17, 15) is 4.79 Å². The second-order valence-electron chi connectivity index (χ2n) is 7.23. The number of nitrogens with zero attached hydrogens (tertiary/aromatic N) is 2. The third-order valence-corrected chi connectivity index (χ3v) is 4.91. The van der Waals surface area contributed by atoms with Gasteiger partial charge >= 0.3 is 0 Å². The molecular weight excluding hydrogens is 372 g/mol.